The Hall–Kier alpha value is -7.97. The first-order valence-electron chi connectivity index (χ1n) is 26.3. The summed E-state index contributed by atoms with van der Waals surface area (Å²) in [5.74, 6) is 0. The minimum absolute atomic E-state index is 0.0567. The van der Waals surface area contributed by atoms with E-state index in [0.29, 0.717) is 0 Å². The molecular weight excluding hydrogens is 912 g/mol. The fourth-order valence-electron chi connectivity index (χ4n) is 12.2. The summed E-state index contributed by atoms with van der Waals surface area (Å²) in [6, 6.07) is 84.8. The molecule has 0 saturated heterocycles. The minimum atomic E-state index is -2.20. The van der Waals surface area contributed by atoms with Crippen LogP contribution in [0.25, 0.3) is 32.7 Å². The molecule has 358 valence electrons. The van der Waals surface area contributed by atoms with Crippen LogP contribution in [0, 0.1) is 12.1 Å². The van der Waals surface area contributed by atoms with Crippen LogP contribution in [0.3, 0.4) is 0 Å². The van der Waals surface area contributed by atoms with Crippen molar-refractivity contribution >= 4 is 88.8 Å². The quantitative estimate of drug-likeness (QED) is 0.116. The molecule has 10 aromatic rings. The van der Waals surface area contributed by atoms with Crippen molar-refractivity contribution in [3.63, 3.8) is 0 Å². The van der Waals surface area contributed by atoms with Gasteiger partial charge in [0.2, 0.25) is 6.71 Å². The molecule has 1 atom stereocenters. The first-order valence-corrected chi connectivity index (χ1v) is 27.9. The Morgan fingerprint density at radius 2 is 1.15 bits per heavy atom. The molecule has 1 aliphatic carbocycles. The second kappa shape index (κ2) is 17.6. The fourth-order valence-corrected chi connectivity index (χ4v) is 16.6. The lowest BCUT2D eigenvalue weighted by Gasteiger charge is -2.53. The van der Waals surface area contributed by atoms with Crippen molar-refractivity contribution in [1.29, 1.82) is 0 Å². The standard InChI is InChI=1S/C70H59BN2S/c1-69(2,3)49-40-42-60-62(44-49)73(68-58-38-24-22-36-56(58)66(48-26-12-7-13-27-48)57-37-23-25-39-59(57)68)63-45-50(70(4,5)6)46-65-67(63)71(60)61-43-41-53(72(51-28-14-8-15-29-51)52-30-16-9-17-31-52)47-64(61)74(65,54-32-18-10-19-33-54)55-34-20-11-21-35-55/h7-10,12-16,18-20,22-30,32-47H,11,21H2,1-6H3. The van der Waals surface area contributed by atoms with Crippen molar-refractivity contribution in [3.05, 3.63) is 253 Å². The molecule has 74 heavy (non-hydrogen) atoms. The van der Waals surface area contributed by atoms with Gasteiger partial charge in [0.25, 0.3) is 0 Å². The van der Waals surface area contributed by atoms with E-state index in [2.05, 4.69) is 282 Å². The highest BCUT2D eigenvalue weighted by atomic mass is 32.3. The zero-order valence-electron chi connectivity index (χ0n) is 43.2. The van der Waals surface area contributed by atoms with Gasteiger partial charge in [0.1, 0.15) is 0 Å². The lowest BCUT2D eigenvalue weighted by atomic mass is 9.34. The smallest absolute Gasteiger partial charge is 0.249 e. The van der Waals surface area contributed by atoms with Gasteiger partial charge in [0.15, 0.2) is 0 Å². The molecular formula is C70H59BN2S. The lowest BCUT2D eigenvalue weighted by molar-refractivity contribution is 0.589. The summed E-state index contributed by atoms with van der Waals surface area (Å²) in [5.41, 5.74) is 15.8. The summed E-state index contributed by atoms with van der Waals surface area (Å²) in [7, 11) is -2.20. The first-order chi connectivity index (χ1) is 36.0. The normalized spacial score (nSPS) is 16.6. The van der Waals surface area contributed by atoms with Gasteiger partial charge in [-0.25, -0.2) is 0 Å². The van der Waals surface area contributed by atoms with E-state index >= 15 is 0 Å². The van der Waals surface area contributed by atoms with Gasteiger partial charge in [-0.15, -0.1) is 10.0 Å². The van der Waals surface area contributed by atoms with Crippen LogP contribution in [0.2, 0.25) is 0 Å². The van der Waals surface area contributed by atoms with Crippen molar-refractivity contribution in [3.8, 4) is 11.1 Å². The van der Waals surface area contributed by atoms with Crippen LogP contribution in [-0.4, -0.2) is 6.71 Å². The van der Waals surface area contributed by atoms with Gasteiger partial charge in [-0.1, -0.05) is 211 Å². The van der Waals surface area contributed by atoms with Crippen LogP contribution in [0.5, 0.6) is 0 Å². The summed E-state index contributed by atoms with van der Waals surface area (Å²) in [4.78, 5) is 10.6. The largest absolute Gasteiger partial charge is 0.310 e. The molecule has 0 fully saturated rings. The van der Waals surface area contributed by atoms with Gasteiger partial charge >= 0.3 is 0 Å². The highest BCUT2D eigenvalue weighted by Gasteiger charge is 2.51. The van der Waals surface area contributed by atoms with Crippen LogP contribution in [-0.2, 0) is 10.8 Å². The van der Waals surface area contributed by atoms with Gasteiger partial charge in [0, 0.05) is 38.4 Å². The van der Waals surface area contributed by atoms with Gasteiger partial charge in [-0.3, -0.25) is 0 Å². The number of fused-ring (bicyclic) bond motifs is 6. The molecule has 0 N–H and O–H groups in total. The molecule has 10 aromatic carbocycles. The number of nitrogens with zero attached hydrogens (tertiary/aromatic N) is 2. The fraction of sp³-hybridized carbons (Fsp3) is 0.143. The van der Waals surface area contributed by atoms with E-state index in [0.717, 1.165) is 29.9 Å². The van der Waals surface area contributed by atoms with E-state index < -0.39 is 10.0 Å². The zero-order valence-corrected chi connectivity index (χ0v) is 44.0. The first kappa shape index (κ1) is 45.9. The topological polar surface area (TPSA) is 6.48 Å². The third-order valence-electron chi connectivity index (χ3n) is 15.7. The van der Waals surface area contributed by atoms with E-state index in [-0.39, 0.29) is 17.5 Å². The summed E-state index contributed by atoms with van der Waals surface area (Å²) in [6.45, 7) is 14.2. The number of para-hydroxylation sites is 1. The summed E-state index contributed by atoms with van der Waals surface area (Å²) < 4.78 is 0. The second-order valence-corrected chi connectivity index (χ2v) is 25.3. The van der Waals surface area contributed by atoms with Crippen molar-refractivity contribution in [2.24, 2.45) is 0 Å². The van der Waals surface area contributed by atoms with E-state index in [4.69, 9.17) is 0 Å². The number of anilines is 6. The number of hydrogen-bond acceptors (Lipinski definition) is 2. The SMILES string of the molecule is CC(C)(C)c1ccc2c(c1)N(c1c3ccccc3c(-c3ccccc3)c3ccccc13)c1cc(C(C)(C)C)cc3c1B2c1ccc(N(c2c#cccc2)c2ccccc2)cc1S3(C1=CCCC=C1)c1ccccc1. The maximum absolute atomic E-state index is 3.51. The van der Waals surface area contributed by atoms with Gasteiger partial charge in [0.05, 0.1) is 11.4 Å². The third-order valence-corrected chi connectivity index (χ3v) is 19.7. The Bertz CT molecular complexity index is 3770. The number of rotatable bonds is 7. The Morgan fingerprint density at radius 1 is 0.527 bits per heavy atom. The molecule has 13 rings (SSSR count). The van der Waals surface area contributed by atoms with Gasteiger partial charge in [-0.05, 0) is 155 Å². The van der Waals surface area contributed by atoms with E-state index in [9.17, 15) is 0 Å². The molecule has 2 nitrogen and oxygen atoms in total. The highest BCUT2D eigenvalue weighted by molar-refractivity contribution is 8.37. The van der Waals surface area contributed by atoms with Crippen molar-refractivity contribution in [2.75, 3.05) is 9.80 Å². The van der Waals surface area contributed by atoms with E-state index in [1.807, 2.05) is 6.07 Å². The Labute approximate surface area is 439 Å². The monoisotopic (exact) mass is 970 g/mol. The molecule has 1 unspecified atom stereocenters. The van der Waals surface area contributed by atoms with E-state index in [1.165, 1.54) is 96.8 Å². The minimum Gasteiger partial charge on any atom is -0.310 e. The molecule has 0 amide bonds. The maximum Gasteiger partial charge on any atom is 0.249 e. The zero-order chi connectivity index (χ0) is 50.3. The van der Waals surface area contributed by atoms with Crippen LogP contribution in [0.1, 0.15) is 65.5 Å². The molecule has 3 aliphatic rings. The van der Waals surface area contributed by atoms with Crippen LogP contribution < -0.4 is 26.2 Å². The lowest BCUT2D eigenvalue weighted by Crippen LogP contribution is -2.61. The van der Waals surface area contributed by atoms with E-state index in [1.54, 1.807) is 0 Å². The average molecular weight is 971 g/mol. The summed E-state index contributed by atoms with van der Waals surface area (Å²) >= 11 is 0. The molecule has 2 heterocycles. The Balaban J connectivity index is 1.22. The van der Waals surface area contributed by atoms with Crippen molar-refractivity contribution in [2.45, 2.75) is 79.9 Å². The maximum atomic E-state index is 3.51. The number of benzene rings is 9. The molecule has 0 saturated carbocycles. The predicted molar refractivity (Wildman–Crippen MR) is 318 cm³/mol. The van der Waals surface area contributed by atoms with Gasteiger partial charge in [-0.2, -0.15) is 0 Å². The van der Waals surface area contributed by atoms with Crippen LogP contribution >= 0.6 is 10.0 Å². The molecule has 0 spiro atoms. The Kier molecular flexibility index (Phi) is 10.9. The highest BCUT2D eigenvalue weighted by Crippen LogP contribution is 2.75. The average Bonchev–Trinajstić information content (AvgIpc) is 3.48. The Morgan fingerprint density at radius 3 is 1.78 bits per heavy atom. The van der Waals surface area contributed by atoms with Crippen molar-refractivity contribution < 1.29 is 0 Å². The van der Waals surface area contributed by atoms with Crippen molar-refractivity contribution in [1.82, 2.24) is 0 Å². The summed E-state index contributed by atoms with van der Waals surface area (Å²) in [5, 5.41) is 4.98. The number of hydrogen-bond donors (Lipinski definition) is 0. The van der Waals surface area contributed by atoms with Crippen LogP contribution in [0.15, 0.2) is 244 Å². The molecule has 2 aliphatic heterocycles. The second-order valence-electron chi connectivity index (χ2n) is 22.2. The molecule has 0 radical (unpaired) electrons. The number of allylic oxidation sites excluding steroid dienone is 3. The van der Waals surface area contributed by atoms with Gasteiger partial charge < -0.3 is 9.80 Å². The molecule has 0 aromatic heterocycles. The predicted octanol–water partition coefficient (Wildman–Crippen LogP) is 17.5. The molecule has 4 heteroatoms. The van der Waals surface area contributed by atoms with Crippen LogP contribution in [0.4, 0.5) is 34.1 Å². The third kappa shape index (κ3) is 7.20. The molecule has 0 bridgehead atoms. The summed E-state index contributed by atoms with van der Waals surface area (Å²) in [6.07, 6.45) is 9.52.